The lowest BCUT2D eigenvalue weighted by molar-refractivity contribution is -0.727. The van der Waals surface area contributed by atoms with Gasteiger partial charge in [-0.1, -0.05) is 36.4 Å². The fraction of sp³-hybridized carbons (Fsp3) is 0.240. The molecule has 0 saturated carbocycles. The van der Waals surface area contributed by atoms with E-state index >= 15 is 0 Å². The Morgan fingerprint density at radius 2 is 2.03 bits per heavy atom. The van der Waals surface area contributed by atoms with Gasteiger partial charge in [-0.25, -0.2) is 9.55 Å². The largest absolute Gasteiger partial charge is 0.495 e. The lowest BCUT2D eigenvalue weighted by atomic mass is 9.97. The molecule has 0 amide bonds. The maximum absolute atomic E-state index is 5.64. The standard InChI is InChI=1S/C25H25N5O/c1-18-16-29(17-26-18)22-13-11-19(15-23(22)31-2)12-14-25-28-27-24-10-6-9-21(30(24)25)20-7-4-3-5-8-20/h3-5,7-8,11-17,21H,6,9-10H2,1-2H3/p+1/t21-/m1/s1. The van der Waals surface area contributed by atoms with Gasteiger partial charge < -0.3 is 9.30 Å². The molecule has 1 aliphatic rings. The van der Waals surface area contributed by atoms with Gasteiger partial charge in [0.05, 0.1) is 24.8 Å². The maximum atomic E-state index is 5.64. The molecule has 1 atom stereocenters. The zero-order valence-corrected chi connectivity index (χ0v) is 17.8. The molecular formula is C25H26N5O+. The summed E-state index contributed by atoms with van der Waals surface area (Å²) in [5.74, 6) is 2.93. The van der Waals surface area contributed by atoms with E-state index in [1.807, 2.05) is 23.8 Å². The highest BCUT2D eigenvalue weighted by molar-refractivity contribution is 5.68. The second-order valence-electron chi connectivity index (χ2n) is 7.90. The molecule has 6 heteroatoms. The normalized spacial score (nSPS) is 15.9. The molecule has 0 radical (unpaired) electrons. The van der Waals surface area contributed by atoms with Gasteiger partial charge in [0.2, 0.25) is 5.82 Å². The molecule has 3 heterocycles. The zero-order valence-electron chi connectivity index (χ0n) is 17.8. The predicted octanol–water partition coefficient (Wildman–Crippen LogP) is 4.30. The summed E-state index contributed by atoms with van der Waals surface area (Å²) in [6.07, 6.45) is 11.3. The monoisotopic (exact) mass is 412 g/mol. The first-order chi connectivity index (χ1) is 15.2. The van der Waals surface area contributed by atoms with Crippen molar-refractivity contribution < 1.29 is 9.30 Å². The van der Waals surface area contributed by atoms with Crippen LogP contribution in [0.2, 0.25) is 0 Å². The third kappa shape index (κ3) is 3.77. The number of imidazole rings is 1. The molecule has 156 valence electrons. The number of methoxy groups -OCH3 is 1. The maximum Gasteiger partial charge on any atom is 0.302 e. The highest BCUT2D eigenvalue weighted by Crippen LogP contribution is 2.27. The number of aromatic amines is 1. The van der Waals surface area contributed by atoms with Crippen LogP contribution in [0.15, 0.2) is 61.1 Å². The lowest BCUT2D eigenvalue weighted by Crippen LogP contribution is -2.47. The van der Waals surface area contributed by atoms with E-state index in [1.54, 1.807) is 13.4 Å². The van der Waals surface area contributed by atoms with E-state index in [-0.39, 0.29) is 0 Å². The van der Waals surface area contributed by atoms with Crippen LogP contribution in [0.3, 0.4) is 0 Å². The van der Waals surface area contributed by atoms with E-state index in [1.165, 1.54) is 11.4 Å². The molecule has 0 saturated heterocycles. The molecule has 1 N–H and O–H groups in total. The molecule has 31 heavy (non-hydrogen) atoms. The van der Waals surface area contributed by atoms with Gasteiger partial charge in [-0.15, -0.1) is 5.10 Å². The average molecular weight is 413 g/mol. The van der Waals surface area contributed by atoms with Gasteiger partial charge >= 0.3 is 5.82 Å². The third-order valence-electron chi connectivity index (χ3n) is 5.84. The van der Waals surface area contributed by atoms with Crippen LogP contribution < -0.4 is 9.30 Å². The molecule has 1 aliphatic heterocycles. The Labute approximate surface area is 181 Å². The molecule has 5 rings (SSSR count). The Kier molecular flexibility index (Phi) is 5.12. The minimum absolute atomic E-state index is 0.310. The van der Waals surface area contributed by atoms with Crippen LogP contribution >= 0.6 is 0 Å². The number of benzene rings is 2. The predicted molar refractivity (Wildman–Crippen MR) is 120 cm³/mol. The van der Waals surface area contributed by atoms with Crippen molar-refractivity contribution in [3.05, 3.63) is 89.5 Å². The van der Waals surface area contributed by atoms with Crippen molar-refractivity contribution in [2.75, 3.05) is 7.11 Å². The lowest BCUT2D eigenvalue weighted by Gasteiger charge is -2.21. The highest BCUT2D eigenvalue weighted by atomic mass is 16.5. The number of ether oxygens (including phenoxy) is 1. The van der Waals surface area contributed by atoms with Crippen molar-refractivity contribution in [1.29, 1.82) is 0 Å². The highest BCUT2D eigenvalue weighted by Gasteiger charge is 2.30. The van der Waals surface area contributed by atoms with Gasteiger partial charge in [0.25, 0.3) is 0 Å². The second kappa shape index (κ2) is 8.22. The number of hydrogen-bond donors (Lipinski definition) is 1. The van der Waals surface area contributed by atoms with Crippen molar-refractivity contribution in [1.82, 2.24) is 19.7 Å². The van der Waals surface area contributed by atoms with E-state index < -0.39 is 0 Å². The molecule has 4 aromatic rings. The number of aromatic nitrogens is 5. The Morgan fingerprint density at radius 3 is 2.81 bits per heavy atom. The minimum atomic E-state index is 0.310. The molecule has 0 spiro atoms. The van der Waals surface area contributed by atoms with Crippen LogP contribution in [0.25, 0.3) is 17.8 Å². The second-order valence-corrected chi connectivity index (χ2v) is 7.90. The number of hydrogen-bond acceptors (Lipinski definition) is 3. The molecule has 0 fully saturated rings. The smallest absolute Gasteiger partial charge is 0.302 e. The summed E-state index contributed by atoms with van der Waals surface area (Å²) < 4.78 is 9.96. The van der Waals surface area contributed by atoms with Crippen LogP contribution in [0.4, 0.5) is 0 Å². The molecule has 2 aromatic heterocycles. The van der Waals surface area contributed by atoms with Gasteiger partial charge in [-0.2, -0.15) is 0 Å². The average Bonchev–Trinajstić information content (AvgIpc) is 3.44. The van der Waals surface area contributed by atoms with E-state index in [4.69, 9.17) is 4.74 Å². The first-order valence-corrected chi connectivity index (χ1v) is 10.6. The van der Waals surface area contributed by atoms with Crippen molar-refractivity contribution in [3.63, 3.8) is 0 Å². The van der Waals surface area contributed by atoms with E-state index in [0.717, 1.165) is 47.8 Å². The van der Waals surface area contributed by atoms with Gasteiger partial charge in [0, 0.05) is 23.8 Å². The summed E-state index contributed by atoms with van der Waals surface area (Å²) >= 11 is 0. The number of nitrogens with zero attached hydrogens (tertiary/aromatic N) is 4. The van der Waals surface area contributed by atoms with E-state index in [2.05, 4.69) is 74.4 Å². The first-order valence-electron chi connectivity index (χ1n) is 10.6. The van der Waals surface area contributed by atoms with Crippen LogP contribution in [0, 0.1) is 6.92 Å². The molecule has 0 aliphatic carbocycles. The SMILES string of the molecule is COc1cc(C=Cc2n[nH]c3[n+]2[C@@H](c2ccccc2)CCC3)ccc1-n1cnc(C)c1. The van der Waals surface area contributed by atoms with E-state index in [0.29, 0.717) is 6.04 Å². The van der Waals surface area contributed by atoms with Crippen molar-refractivity contribution in [3.8, 4) is 11.4 Å². The Morgan fingerprint density at radius 1 is 1.16 bits per heavy atom. The fourth-order valence-electron chi connectivity index (χ4n) is 4.33. The van der Waals surface area contributed by atoms with Crippen LogP contribution in [0.1, 0.15) is 47.4 Å². The van der Waals surface area contributed by atoms with Gasteiger partial charge in [0.1, 0.15) is 11.8 Å². The van der Waals surface area contributed by atoms with Crippen molar-refractivity contribution >= 4 is 12.2 Å². The molecular weight excluding hydrogens is 386 g/mol. The summed E-state index contributed by atoms with van der Waals surface area (Å²) in [5, 5.41) is 7.85. The topological polar surface area (TPSA) is 59.6 Å². The van der Waals surface area contributed by atoms with E-state index in [9.17, 15) is 0 Å². The minimum Gasteiger partial charge on any atom is -0.495 e. The van der Waals surface area contributed by atoms with Crippen molar-refractivity contribution in [2.45, 2.75) is 32.2 Å². The Balaban J connectivity index is 1.46. The Hall–Kier alpha value is -3.67. The summed E-state index contributed by atoms with van der Waals surface area (Å²) in [6, 6.07) is 17.2. The molecule has 0 bridgehead atoms. The van der Waals surface area contributed by atoms with Gasteiger partial charge in [0.15, 0.2) is 0 Å². The quantitative estimate of drug-likeness (QED) is 0.497. The van der Waals surface area contributed by atoms with Gasteiger partial charge in [-0.05, 0) is 49.1 Å². The zero-order chi connectivity index (χ0) is 21.2. The molecule has 6 nitrogen and oxygen atoms in total. The Bertz CT molecular complexity index is 1220. The molecule has 2 aromatic carbocycles. The van der Waals surface area contributed by atoms with Gasteiger partial charge in [-0.3, -0.25) is 0 Å². The number of aryl methyl sites for hydroxylation is 2. The number of fused-ring (bicyclic) bond motifs is 1. The third-order valence-corrected chi connectivity index (χ3v) is 5.84. The number of nitrogens with one attached hydrogen (secondary N) is 1. The number of H-pyrrole nitrogens is 1. The van der Waals surface area contributed by atoms with Crippen LogP contribution in [-0.4, -0.2) is 26.9 Å². The summed E-state index contributed by atoms with van der Waals surface area (Å²) in [5.41, 5.74) is 4.32. The summed E-state index contributed by atoms with van der Waals surface area (Å²) in [4.78, 5) is 4.31. The first kappa shape index (κ1) is 19.3. The van der Waals surface area contributed by atoms with Crippen LogP contribution in [0.5, 0.6) is 5.75 Å². The summed E-state index contributed by atoms with van der Waals surface area (Å²) in [6.45, 7) is 1.98. The number of rotatable bonds is 5. The van der Waals surface area contributed by atoms with Crippen LogP contribution in [-0.2, 0) is 6.42 Å². The molecule has 0 unspecified atom stereocenters. The summed E-state index contributed by atoms with van der Waals surface area (Å²) in [7, 11) is 1.69. The fourth-order valence-corrected chi connectivity index (χ4v) is 4.33. The van der Waals surface area contributed by atoms with Crippen molar-refractivity contribution in [2.24, 2.45) is 0 Å².